The first-order chi connectivity index (χ1) is 8.26. The number of aromatic nitrogens is 1. The van der Waals surface area contributed by atoms with Gasteiger partial charge in [0.15, 0.2) is 0 Å². The first-order valence-corrected chi connectivity index (χ1v) is 5.26. The van der Waals surface area contributed by atoms with Crippen molar-refractivity contribution in [3.05, 3.63) is 66.6 Å². The third-order valence-electron chi connectivity index (χ3n) is 2.57. The van der Waals surface area contributed by atoms with Crippen LogP contribution in [-0.2, 0) is 0 Å². The maximum Gasteiger partial charge on any atom is 0.123 e. The minimum absolute atomic E-state index is 0.256. The fraction of sp³-hybridized carbons (Fsp3) is 0. The molecule has 0 aliphatic rings. The van der Waals surface area contributed by atoms with Crippen LogP contribution in [0.15, 0.2) is 49.7 Å². The molecule has 1 aromatic heterocycles. The summed E-state index contributed by atoms with van der Waals surface area (Å²) in [7, 11) is 0. The van der Waals surface area contributed by atoms with Crippen molar-refractivity contribution in [2.45, 2.75) is 0 Å². The van der Waals surface area contributed by atoms with Gasteiger partial charge in [-0.15, -0.1) is 0 Å². The third-order valence-corrected chi connectivity index (χ3v) is 2.57. The van der Waals surface area contributed by atoms with Crippen LogP contribution in [0.3, 0.4) is 0 Å². The summed E-state index contributed by atoms with van der Waals surface area (Å²) in [4.78, 5) is 4.32. The predicted octanol–water partition coefficient (Wildman–Crippen LogP) is 4.17. The van der Waals surface area contributed by atoms with Crippen molar-refractivity contribution in [2.75, 3.05) is 0 Å². The van der Waals surface area contributed by atoms with Crippen LogP contribution in [0.1, 0.15) is 11.1 Å². The molecule has 0 unspecified atom stereocenters. The van der Waals surface area contributed by atoms with E-state index >= 15 is 0 Å². The lowest BCUT2D eigenvalue weighted by Gasteiger charge is -2.08. The van der Waals surface area contributed by atoms with Crippen LogP contribution in [0.25, 0.3) is 23.4 Å². The molecule has 0 atom stereocenters. The van der Waals surface area contributed by atoms with Gasteiger partial charge in [-0.3, -0.25) is 4.98 Å². The molecular formula is C15H12FN. The summed E-state index contributed by atoms with van der Waals surface area (Å²) in [5, 5.41) is 0. The van der Waals surface area contributed by atoms with Gasteiger partial charge in [0.2, 0.25) is 0 Å². The average Bonchev–Trinajstić information content (AvgIpc) is 2.38. The molecule has 0 bridgehead atoms. The van der Waals surface area contributed by atoms with Crippen molar-refractivity contribution in [3.8, 4) is 11.3 Å². The van der Waals surface area contributed by atoms with E-state index in [0.29, 0.717) is 0 Å². The second-order valence-corrected chi connectivity index (χ2v) is 3.58. The van der Waals surface area contributed by atoms with E-state index < -0.39 is 0 Å². The zero-order chi connectivity index (χ0) is 12.3. The molecule has 17 heavy (non-hydrogen) atoms. The molecule has 0 radical (unpaired) electrons. The number of hydrogen-bond acceptors (Lipinski definition) is 1. The summed E-state index contributed by atoms with van der Waals surface area (Å²) in [5.41, 5.74) is 3.53. The van der Waals surface area contributed by atoms with Crippen LogP contribution in [0.4, 0.5) is 4.39 Å². The molecule has 1 heterocycles. The third kappa shape index (κ3) is 2.16. The molecule has 0 aliphatic carbocycles. The molecule has 0 N–H and O–H groups in total. The van der Waals surface area contributed by atoms with Gasteiger partial charge >= 0.3 is 0 Å². The molecule has 0 fully saturated rings. The molecule has 1 aromatic carbocycles. The molecule has 84 valence electrons. The van der Waals surface area contributed by atoms with E-state index in [4.69, 9.17) is 0 Å². The molecule has 0 amide bonds. The number of hydrogen-bond donors (Lipinski definition) is 0. The minimum atomic E-state index is -0.256. The Balaban J connectivity index is 2.62. The second-order valence-electron chi connectivity index (χ2n) is 3.58. The zero-order valence-corrected chi connectivity index (χ0v) is 9.36. The lowest BCUT2D eigenvalue weighted by Crippen LogP contribution is -1.91. The quantitative estimate of drug-likeness (QED) is 0.763. The molecule has 0 spiro atoms. The monoisotopic (exact) mass is 225 g/mol. The van der Waals surface area contributed by atoms with E-state index in [1.807, 2.05) is 6.07 Å². The Hall–Kier alpha value is -2.22. The highest BCUT2D eigenvalue weighted by atomic mass is 19.1. The van der Waals surface area contributed by atoms with Gasteiger partial charge in [0, 0.05) is 17.3 Å². The largest absolute Gasteiger partial charge is 0.256 e. The van der Waals surface area contributed by atoms with Crippen molar-refractivity contribution in [1.82, 2.24) is 4.98 Å². The molecule has 0 aliphatic heterocycles. The molecule has 0 saturated carbocycles. The van der Waals surface area contributed by atoms with Gasteiger partial charge in [0.1, 0.15) is 5.82 Å². The lowest BCUT2D eigenvalue weighted by atomic mass is 10.0. The van der Waals surface area contributed by atoms with Crippen LogP contribution in [0.2, 0.25) is 0 Å². The predicted molar refractivity (Wildman–Crippen MR) is 69.8 cm³/mol. The molecule has 2 rings (SSSR count). The Kier molecular flexibility index (Phi) is 3.15. The summed E-state index contributed by atoms with van der Waals surface area (Å²) in [6, 6.07) is 8.13. The van der Waals surface area contributed by atoms with Crippen molar-refractivity contribution in [1.29, 1.82) is 0 Å². The van der Waals surface area contributed by atoms with Gasteiger partial charge in [-0.1, -0.05) is 25.3 Å². The first kappa shape index (κ1) is 11.3. The van der Waals surface area contributed by atoms with Crippen LogP contribution < -0.4 is 0 Å². The van der Waals surface area contributed by atoms with Crippen LogP contribution in [0, 0.1) is 5.82 Å². The average molecular weight is 225 g/mol. The summed E-state index contributed by atoms with van der Waals surface area (Å²) in [6.45, 7) is 7.53. The van der Waals surface area contributed by atoms with Crippen LogP contribution in [-0.4, -0.2) is 4.98 Å². The van der Waals surface area contributed by atoms with Gasteiger partial charge in [-0.05, 0) is 35.9 Å². The number of benzene rings is 1. The second kappa shape index (κ2) is 4.74. The Morgan fingerprint density at radius 2 is 1.71 bits per heavy atom. The van der Waals surface area contributed by atoms with Crippen LogP contribution >= 0.6 is 0 Å². The summed E-state index contributed by atoms with van der Waals surface area (Å²) >= 11 is 0. The number of pyridine rings is 1. The van der Waals surface area contributed by atoms with Crippen molar-refractivity contribution in [3.63, 3.8) is 0 Å². The van der Waals surface area contributed by atoms with Gasteiger partial charge in [0.05, 0.1) is 5.69 Å². The fourth-order valence-corrected chi connectivity index (χ4v) is 1.72. The SMILES string of the molecule is C=Cc1ccnc(-c2ccc(F)cc2)c1C=C. The van der Waals surface area contributed by atoms with Gasteiger partial charge in [-0.2, -0.15) is 0 Å². The number of nitrogens with zero attached hydrogens (tertiary/aromatic N) is 1. The van der Waals surface area contributed by atoms with E-state index in [-0.39, 0.29) is 5.82 Å². The van der Waals surface area contributed by atoms with Gasteiger partial charge in [-0.25, -0.2) is 4.39 Å². The van der Waals surface area contributed by atoms with E-state index in [1.165, 1.54) is 12.1 Å². The molecular weight excluding hydrogens is 213 g/mol. The zero-order valence-electron chi connectivity index (χ0n) is 9.36. The lowest BCUT2D eigenvalue weighted by molar-refractivity contribution is 0.628. The highest BCUT2D eigenvalue weighted by Gasteiger charge is 2.07. The maximum atomic E-state index is 12.9. The van der Waals surface area contributed by atoms with Crippen molar-refractivity contribution < 1.29 is 4.39 Å². The summed E-state index contributed by atoms with van der Waals surface area (Å²) in [5.74, 6) is -0.256. The highest BCUT2D eigenvalue weighted by Crippen LogP contribution is 2.25. The molecule has 2 heteroatoms. The molecule has 1 nitrogen and oxygen atoms in total. The molecule has 2 aromatic rings. The first-order valence-electron chi connectivity index (χ1n) is 5.26. The Morgan fingerprint density at radius 1 is 1.00 bits per heavy atom. The van der Waals surface area contributed by atoms with Crippen molar-refractivity contribution >= 4 is 12.2 Å². The van der Waals surface area contributed by atoms with Gasteiger partial charge in [0.25, 0.3) is 0 Å². The topological polar surface area (TPSA) is 12.9 Å². The summed E-state index contributed by atoms with van der Waals surface area (Å²) < 4.78 is 12.9. The van der Waals surface area contributed by atoms with Crippen LogP contribution in [0.5, 0.6) is 0 Å². The Bertz CT molecular complexity index is 556. The van der Waals surface area contributed by atoms with E-state index in [0.717, 1.165) is 22.4 Å². The van der Waals surface area contributed by atoms with E-state index in [2.05, 4.69) is 18.1 Å². The standard InChI is InChI=1S/C15H12FN/c1-3-11-9-10-17-15(14(11)4-2)12-5-7-13(16)8-6-12/h3-10H,1-2H2. The van der Waals surface area contributed by atoms with Gasteiger partial charge < -0.3 is 0 Å². The van der Waals surface area contributed by atoms with E-state index in [9.17, 15) is 4.39 Å². The Morgan fingerprint density at radius 3 is 2.29 bits per heavy atom. The maximum absolute atomic E-state index is 12.9. The van der Waals surface area contributed by atoms with E-state index in [1.54, 1.807) is 30.5 Å². The van der Waals surface area contributed by atoms with Crippen molar-refractivity contribution in [2.24, 2.45) is 0 Å². The fourth-order valence-electron chi connectivity index (χ4n) is 1.72. The highest BCUT2D eigenvalue weighted by molar-refractivity contribution is 5.77. The summed E-state index contributed by atoms with van der Waals surface area (Å²) in [6.07, 6.45) is 5.21. The number of halogens is 1. The number of rotatable bonds is 3. The Labute approximate surface area is 100.0 Å². The molecule has 0 saturated heterocycles. The smallest absolute Gasteiger partial charge is 0.123 e. The minimum Gasteiger partial charge on any atom is -0.256 e. The normalized spacial score (nSPS) is 9.94.